The van der Waals surface area contributed by atoms with Crippen LogP contribution in [0.3, 0.4) is 0 Å². The van der Waals surface area contributed by atoms with Gasteiger partial charge in [0.1, 0.15) is 17.9 Å². The molecule has 0 aromatic heterocycles. The van der Waals surface area contributed by atoms with Gasteiger partial charge in [0, 0.05) is 0 Å². The standard InChI is InChI=1S/C28H28FN3O3/c1-28(22-15-17-23(29)18-16-22)26(34)32(27(35)31-28)19-25(33)30-24(21-12-6-3-7-13-21)14-8-11-20-9-4-2-5-10-20/h2-7,9-10,12-13,15-18,24H,8,11,14,19H2,1H3,(H,30,33)(H,31,35)/t24-,28-/m1/s1. The zero-order valence-electron chi connectivity index (χ0n) is 19.5. The zero-order chi connectivity index (χ0) is 24.8. The summed E-state index contributed by atoms with van der Waals surface area (Å²) < 4.78 is 13.3. The lowest BCUT2D eigenvalue weighted by Crippen LogP contribution is -2.44. The van der Waals surface area contributed by atoms with Crippen LogP contribution in [0.5, 0.6) is 0 Å². The molecule has 6 nitrogen and oxygen atoms in total. The minimum Gasteiger partial charge on any atom is -0.348 e. The van der Waals surface area contributed by atoms with Crippen molar-refractivity contribution in [3.8, 4) is 0 Å². The van der Waals surface area contributed by atoms with E-state index in [0.29, 0.717) is 12.0 Å². The van der Waals surface area contributed by atoms with E-state index >= 15 is 0 Å². The molecule has 1 aliphatic heterocycles. The van der Waals surface area contributed by atoms with Crippen LogP contribution in [0.15, 0.2) is 84.9 Å². The molecule has 4 rings (SSSR count). The van der Waals surface area contributed by atoms with Crippen molar-refractivity contribution in [2.45, 2.75) is 37.8 Å². The smallest absolute Gasteiger partial charge is 0.325 e. The van der Waals surface area contributed by atoms with E-state index < -0.39 is 35.7 Å². The van der Waals surface area contributed by atoms with Crippen LogP contribution in [0, 0.1) is 5.82 Å². The number of nitrogens with zero attached hydrogens (tertiary/aromatic N) is 1. The van der Waals surface area contributed by atoms with Crippen LogP contribution < -0.4 is 10.6 Å². The Labute approximate surface area is 204 Å². The number of nitrogens with one attached hydrogen (secondary N) is 2. The highest BCUT2D eigenvalue weighted by molar-refractivity contribution is 6.09. The molecule has 1 fully saturated rings. The number of halogens is 1. The number of carbonyl (C=O) groups excluding carboxylic acids is 3. The van der Waals surface area contributed by atoms with Gasteiger partial charge in [0.05, 0.1) is 6.04 Å². The van der Waals surface area contributed by atoms with Gasteiger partial charge in [0.15, 0.2) is 0 Å². The van der Waals surface area contributed by atoms with Crippen LogP contribution in [-0.2, 0) is 21.5 Å². The van der Waals surface area contributed by atoms with Crippen molar-refractivity contribution in [2.24, 2.45) is 0 Å². The van der Waals surface area contributed by atoms with E-state index in [0.717, 1.165) is 23.3 Å². The van der Waals surface area contributed by atoms with Crippen molar-refractivity contribution < 1.29 is 18.8 Å². The van der Waals surface area contributed by atoms with Crippen molar-refractivity contribution in [3.63, 3.8) is 0 Å². The fraction of sp³-hybridized carbons (Fsp3) is 0.250. The molecular formula is C28H28FN3O3. The minimum atomic E-state index is -1.36. The quantitative estimate of drug-likeness (QED) is 0.450. The van der Waals surface area contributed by atoms with E-state index in [9.17, 15) is 18.8 Å². The molecule has 3 aromatic carbocycles. The third kappa shape index (κ3) is 5.57. The molecule has 180 valence electrons. The number of urea groups is 1. The van der Waals surface area contributed by atoms with Crippen molar-refractivity contribution in [1.29, 1.82) is 0 Å². The van der Waals surface area contributed by atoms with Gasteiger partial charge in [-0.1, -0.05) is 72.8 Å². The largest absolute Gasteiger partial charge is 0.348 e. The number of hydrogen-bond donors (Lipinski definition) is 2. The van der Waals surface area contributed by atoms with E-state index in [2.05, 4.69) is 22.8 Å². The summed E-state index contributed by atoms with van der Waals surface area (Å²) in [7, 11) is 0. The molecule has 0 aliphatic carbocycles. The first-order chi connectivity index (χ1) is 16.9. The second kappa shape index (κ2) is 10.5. The molecule has 0 radical (unpaired) electrons. The van der Waals surface area contributed by atoms with Gasteiger partial charge < -0.3 is 10.6 Å². The van der Waals surface area contributed by atoms with Crippen molar-refractivity contribution in [1.82, 2.24) is 15.5 Å². The van der Waals surface area contributed by atoms with Crippen LogP contribution >= 0.6 is 0 Å². The zero-order valence-corrected chi connectivity index (χ0v) is 19.5. The van der Waals surface area contributed by atoms with Gasteiger partial charge in [-0.25, -0.2) is 9.18 Å². The molecule has 1 saturated heterocycles. The van der Waals surface area contributed by atoms with Crippen LogP contribution in [0.1, 0.15) is 42.5 Å². The Balaban J connectivity index is 1.42. The predicted molar refractivity (Wildman–Crippen MR) is 131 cm³/mol. The van der Waals surface area contributed by atoms with Crippen LogP contribution in [0.4, 0.5) is 9.18 Å². The molecule has 0 bridgehead atoms. The molecule has 1 aliphatic rings. The summed E-state index contributed by atoms with van der Waals surface area (Å²) in [5.41, 5.74) is 1.27. The van der Waals surface area contributed by atoms with E-state index in [1.807, 2.05) is 48.5 Å². The lowest BCUT2D eigenvalue weighted by Gasteiger charge is -2.23. The Bertz CT molecular complexity index is 1190. The molecular weight excluding hydrogens is 445 g/mol. The lowest BCUT2D eigenvalue weighted by molar-refractivity contribution is -0.135. The Morgan fingerprint density at radius 2 is 1.60 bits per heavy atom. The second-order valence-electron chi connectivity index (χ2n) is 8.86. The highest BCUT2D eigenvalue weighted by atomic mass is 19.1. The summed E-state index contributed by atoms with van der Waals surface area (Å²) in [5, 5.41) is 5.64. The summed E-state index contributed by atoms with van der Waals surface area (Å²) in [6.45, 7) is 1.15. The maximum Gasteiger partial charge on any atom is 0.325 e. The fourth-order valence-corrected chi connectivity index (χ4v) is 4.37. The lowest BCUT2D eigenvalue weighted by atomic mass is 9.92. The number of benzene rings is 3. The number of imide groups is 1. The first-order valence-electron chi connectivity index (χ1n) is 11.7. The maximum absolute atomic E-state index is 13.3. The van der Waals surface area contributed by atoms with Crippen molar-refractivity contribution in [3.05, 3.63) is 107 Å². The molecule has 2 N–H and O–H groups in total. The second-order valence-corrected chi connectivity index (χ2v) is 8.86. The molecule has 3 aromatic rings. The summed E-state index contributed by atoms with van der Waals surface area (Å²) in [6, 6.07) is 24.2. The van der Waals surface area contributed by atoms with E-state index in [1.54, 1.807) is 6.92 Å². The van der Waals surface area contributed by atoms with Gasteiger partial charge in [-0.2, -0.15) is 0 Å². The Morgan fingerprint density at radius 3 is 2.26 bits per heavy atom. The SMILES string of the molecule is C[C@]1(c2ccc(F)cc2)NC(=O)N(CC(=O)N[C@H](CCCc2ccccc2)c2ccccc2)C1=O. The minimum absolute atomic E-state index is 0.253. The van der Waals surface area contributed by atoms with Crippen LogP contribution in [0.25, 0.3) is 0 Å². The van der Waals surface area contributed by atoms with Gasteiger partial charge in [-0.3, -0.25) is 14.5 Å². The Kier molecular flexibility index (Phi) is 7.25. The number of rotatable bonds is 9. The molecule has 0 unspecified atom stereocenters. The Morgan fingerprint density at radius 1 is 0.971 bits per heavy atom. The normalized spacial score (nSPS) is 18.3. The van der Waals surface area contributed by atoms with Gasteiger partial charge in [0.2, 0.25) is 5.91 Å². The fourth-order valence-electron chi connectivity index (χ4n) is 4.37. The molecule has 7 heteroatoms. The average molecular weight is 474 g/mol. The van der Waals surface area contributed by atoms with Crippen LogP contribution in [-0.4, -0.2) is 29.3 Å². The monoisotopic (exact) mass is 473 g/mol. The molecule has 35 heavy (non-hydrogen) atoms. The summed E-state index contributed by atoms with van der Waals surface area (Å²) in [4.78, 5) is 39.6. The molecule has 0 saturated carbocycles. The first kappa shape index (κ1) is 24.1. The van der Waals surface area contributed by atoms with Gasteiger partial charge in [0.25, 0.3) is 5.91 Å². The average Bonchev–Trinajstić information content (AvgIpc) is 3.08. The van der Waals surface area contributed by atoms with Gasteiger partial charge >= 0.3 is 6.03 Å². The summed E-state index contributed by atoms with van der Waals surface area (Å²) in [5.74, 6) is -1.42. The third-order valence-corrected chi connectivity index (χ3v) is 6.34. The predicted octanol–water partition coefficient (Wildman–Crippen LogP) is 4.47. The summed E-state index contributed by atoms with van der Waals surface area (Å²) in [6.07, 6.45) is 2.44. The van der Waals surface area contributed by atoms with E-state index in [1.165, 1.54) is 29.8 Å². The molecule has 1 heterocycles. The van der Waals surface area contributed by atoms with Gasteiger partial charge in [-0.05, 0) is 55.0 Å². The van der Waals surface area contributed by atoms with E-state index in [-0.39, 0.29) is 6.04 Å². The van der Waals surface area contributed by atoms with Crippen molar-refractivity contribution in [2.75, 3.05) is 6.54 Å². The third-order valence-electron chi connectivity index (χ3n) is 6.34. The number of amides is 4. The number of aryl methyl sites for hydroxylation is 1. The molecule has 2 atom stereocenters. The Hall–Kier alpha value is -4.00. The highest BCUT2D eigenvalue weighted by Crippen LogP contribution is 2.29. The maximum atomic E-state index is 13.3. The highest BCUT2D eigenvalue weighted by Gasteiger charge is 2.49. The van der Waals surface area contributed by atoms with Crippen molar-refractivity contribution >= 4 is 17.8 Å². The number of carbonyl (C=O) groups is 3. The summed E-state index contributed by atoms with van der Waals surface area (Å²) >= 11 is 0. The van der Waals surface area contributed by atoms with Crippen LogP contribution in [0.2, 0.25) is 0 Å². The number of hydrogen-bond acceptors (Lipinski definition) is 3. The first-order valence-corrected chi connectivity index (χ1v) is 11.7. The van der Waals surface area contributed by atoms with Gasteiger partial charge in [-0.15, -0.1) is 0 Å². The molecule has 0 spiro atoms. The topological polar surface area (TPSA) is 78.5 Å². The molecule has 4 amide bonds. The van der Waals surface area contributed by atoms with E-state index in [4.69, 9.17) is 0 Å².